The minimum Gasteiger partial charge on any atom is -0.743 e. The summed E-state index contributed by atoms with van der Waals surface area (Å²) in [5.74, 6) is 0. The van der Waals surface area contributed by atoms with Crippen molar-refractivity contribution in [3.8, 4) is 0 Å². The van der Waals surface area contributed by atoms with Gasteiger partial charge in [0.15, 0.2) is 10.1 Å². The Morgan fingerprint density at radius 1 is 0.568 bits per heavy atom. The molecule has 37 heavy (non-hydrogen) atoms. The van der Waals surface area contributed by atoms with Gasteiger partial charge in [0.2, 0.25) is 0 Å². The lowest BCUT2D eigenvalue weighted by molar-refractivity contribution is -0.0692. The maximum absolute atomic E-state index is 11.4. The zero-order chi connectivity index (χ0) is 28.6. The van der Waals surface area contributed by atoms with Gasteiger partial charge in [-0.3, -0.25) is 0 Å². The third-order valence-corrected chi connectivity index (χ3v) is 12.9. The summed E-state index contributed by atoms with van der Waals surface area (Å²) in [5, 5.41) is -5.48. The van der Waals surface area contributed by atoms with Crippen molar-refractivity contribution < 1.29 is 30.5 Å². The van der Waals surface area contributed by atoms with Crippen molar-refractivity contribution >= 4 is 17.4 Å². The van der Waals surface area contributed by atoms with E-state index in [1.165, 1.54) is 109 Å². The highest BCUT2D eigenvalue weighted by molar-refractivity contribution is 7.86. The normalized spacial score (nSPS) is 12.6. The highest BCUT2D eigenvalue weighted by Gasteiger charge is 2.48. The number of unbranched alkanes of at least 4 members (excludes halogenated alkanes) is 14. The molecule has 0 aliphatic carbocycles. The largest absolute Gasteiger partial charge is 0.743 e. The molecule has 0 spiro atoms. The summed E-state index contributed by atoms with van der Waals surface area (Å²) >= 11 is 0. The van der Waals surface area contributed by atoms with Crippen LogP contribution in [0.3, 0.4) is 0 Å². The summed E-state index contributed by atoms with van der Waals surface area (Å²) in [7, 11) is -6.86. The molecule has 0 radical (unpaired) electrons. The number of hydrogen-bond acceptors (Lipinski definition) is 3. The van der Waals surface area contributed by atoms with Gasteiger partial charge < -0.3 is 4.55 Å². The van der Waals surface area contributed by atoms with Crippen molar-refractivity contribution in [3.05, 3.63) is 0 Å². The zero-order valence-corrected chi connectivity index (χ0v) is 25.9. The van der Waals surface area contributed by atoms with E-state index in [2.05, 4.69) is 27.7 Å². The minimum absolute atomic E-state index is 0.626. The van der Waals surface area contributed by atoms with Crippen LogP contribution in [0.2, 0.25) is 0 Å². The van der Waals surface area contributed by atoms with Crippen LogP contribution in [0.1, 0.15) is 143 Å². The first-order chi connectivity index (χ1) is 17.4. The van der Waals surface area contributed by atoms with E-state index in [0.29, 0.717) is 0 Å². The predicted molar refractivity (Wildman–Crippen MR) is 153 cm³/mol. The summed E-state index contributed by atoms with van der Waals surface area (Å²) in [5.41, 5.74) is 0. The van der Waals surface area contributed by atoms with Gasteiger partial charge in [0.1, 0.15) is 0 Å². The van der Waals surface area contributed by atoms with Crippen molar-refractivity contribution in [2.75, 3.05) is 24.6 Å². The number of alkyl halides is 4. The monoisotopic (exact) mass is 580 g/mol. The molecular weight excluding hydrogens is 523 g/mol. The lowest BCUT2D eigenvalue weighted by Gasteiger charge is -2.28. The van der Waals surface area contributed by atoms with E-state index in [1.807, 2.05) is 0 Å². The highest BCUT2D eigenvalue weighted by atomic mass is 32.2. The lowest BCUT2D eigenvalue weighted by Crippen LogP contribution is -2.36. The summed E-state index contributed by atoms with van der Waals surface area (Å²) in [4.78, 5) is 0. The van der Waals surface area contributed by atoms with Gasteiger partial charge in [0, 0.05) is 7.26 Å². The summed E-state index contributed by atoms with van der Waals surface area (Å²) in [6.07, 6.45) is 28.5. The summed E-state index contributed by atoms with van der Waals surface area (Å²) in [6.45, 7) is 9.47. The second-order valence-corrected chi connectivity index (χ2v) is 16.4. The van der Waals surface area contributed by atoms with Gasteiger partial charge >= 0.3 is 11.7 Å². The molecular formula is C28H57F4O3PS. The van der Waals surface area contributed by atoms with Crippen molar-refractivity contribution in [2.45, 2.75) is 155 Å². The van der Waals surface area contributed by atoms with Gasteiger partial charge in [-0.1, -0.05) is 111 Å². The zero-order valence-electron chi connectivity index (χ0n) is 24.2. The Morgan fingerprint density at radius 3 is 1.08 bits per heavy atom. The Hall–Kier alpha value is 0.0600. The first kappa shape index (κ1) is 39.2. The van der Waals surface area contributed by atoms with Gasteiger partial charge in [-0.2, -0.15) is 8.78 Å². The topological polar surface area (TPSA) is 57.2 Å². The van der Waals surface area contributed by atoms with E-state index in [0.717, 1.165) is 0 Å². The maximum atomic E-state index is 11.4. The van der Waals surface area contributed by atoms with Crippen molar-refractivity contribution in [1.82, 2.24) is 0 Å². The standard InChI is InChI=1S/C26H56P.C2H2F4O3S/c1-5-9-13-14-15-16-17-18-19-20-21-22-26-27(23-10-6-2,24-11-7-3)25-12-8-4;3-1(4)2(5,6)10(7,8)9/h5-26H2,1-4H3;1H,(H,7,8,9)/q+1;/p-1. The fourth-order valence-electron chi connectivity index (χ4n) is 4.55. The average Bonchev–Trinajstić information content (AvgIpc) is 2.85. The van der Waals surface area contributed by atoms with Crippen LogP contribution in [-0.2, 0) is 10.1 Å². The molecule has 3 nitrogen and oxygen atoms in total. The molecule has 0 saturated heterocycles. The molecule has 0 aromatic rings. The molecule has 0 aromatic heterocycles. The summed E-state index contributed by atoms with van der Waals surface area (Å²) < 4.78 is 72.7. The molecule has 9 heteroatoms. The lowest BCUT2D eigenvalue weighted by atomic mass is 10.1. The fraction of sp³-hybridized carbons (Fsp3) is 1.00. The van der Waals surface area contributed by atoms with Crippen LogP contribution in [0, 0.1) is 0 Å². The molecule has 0 heterocycles. The minimum atomic E-state index is -6.23. The first-order valence-electron chi connectivity index (χ1n) is 14.9. The molecule has 226 valence electrons. The molecule has 0 aliphatic rings. The SMILES string of the molecule is CCCCCCCCCCCCCC[P+](CCCC)(CCCC)CCCC.O=S(=O)([O-])C(F)(F)C(F)F. The predicted octanol–water partition coefficient (Wildman–Crippen LogP) is 10.5. The Labute approximate surface area is 227 Å². The van der Waals surface area contributed by atoms with Crippen LogP contribution in [0.25, 0.3) is 0 Å². The number of rotatable bonds is 24. The van der Waals surface area contributed by atoms with Gasteiger partial charge in [-0.05, 0) is 32.1 Å². The van der Waals surface area contributed by atoms with Crippen molar-refractivity contribution in [2.24, 2.45) is 0 Å². The number of hydrogen-bond donors (Lipinski definition) is 0. The molecule has 0 atom stereocenters. The van der Waals surface area contributed by atoms with E-state index in [-0.39, 0.29) is 0 Å². The van der Waals surface area contributed by atoms with E-state index in [1.54, 1.807) is 31.1 Å². The number of halogens is 4. The van der Waals surface area contributed by atoms with Crippen LogP contribution >= 0.6 is 7.26 Å². The van der Waals surface area contributed by atoms with E-state index < -0.39 is 29.1 Å². The molecule has 0 aliphatic heterocycles. The molecule has 0 unspecified atom stereocenters. The molecule has 0 aromatic carbocycles. The van der Waals surface area contributed by atoms with Gasteiger partial charge in [0.25, 0.3) is 0 Å². The first-order valence-corrected chi connectivity index (χ1v) is 18.8. The molecule has 0 rings (SSSR count). The van der Waals surface area contributed by atoms with E-state index in [9.17, 15) is 30.5 Å². The van der Waals surface area contributed by atoms with Crippen LogP contribution in [0.4, 0.5) is 17.6 Å². The molecule has 0 N–H and O–H groups in total. The second-order valence-electron chi connectivity index (χ2n) is 10.5. The Morgan fingerprint density at radius 2 is 0.838 bits per heavy atom. The third kappa shape index (κ3) is 20.6. The van der Waals surface area contributed by atoms with E-state index in [4.69, 9.17) is 0 Å². The maximum Gasteiger partial charge on any atom is 0.393 e. The van der Waals surface area contributed by atoms with Gasteiger partial charge in [-0.25, -0.2) is 17.2 Å². The average molecular weight is 581 g/mol. The van der Waals surface area contributed by atoms with Crippen LogP contribution in [0.5, 0.6) is 0 Å². The van der Waals surface area contributed by atoms with E-state index >= 15 is 0 Å². The van der Waals surface area contributed by atoms with Crippen LogP contribution < -0.4 is 0 Å². The van der Waals surface area contributed by atoms with Crippen LogP contribution in [0.15, 0.2) is 0 Å². The van der Waals surface area contributed by atoms with Crippen molar-refractivity contribution in [3.63, 3.8) is 0 Å². The molecule has 0 fully saturated rings. The quantitative estimate of drug-likeness (QED) is 0.0494. The third-order valence-electron chi connectivity index (χ3n) is 7.03. The molecule has 0 amide bonds. The molecule has 0 bridgehead atoms. The Bertz CT molecular complexity index is 582. The van der Waals surface area contributed by atoms with Gasteiger partial charge in [-0.15, -0.1) is 0 Å². The van der Waals surface area contributed by atoms with Gasteiger partial charge in [0.05, 0.1) is 24.6 Å². The second kappa shape index (κ2) is 23.9. The summed E-state index contributed by atoms with van der Waals surface area (Å²) in [6, 6.07) is 0. The Kier molecular flexibility index (Phi) is 25.3. The molecule has 0 saturated carbocycles. The van der Waals surface area contributed by atoms with Crippen LogP contribution in [-0.4, -0.2) is 49.3 Å². The Balaban J connectivity index is 0. The van der Waals surface area contributed by atoms with Crippen molar-refractivity contribution in [1.29, 1.82) is 0 Å². The smallest absolute Gasteiger partial charge is 0.393 e. The fourth-order valence-corrected chi connectivity index (χ4v) is 9.96. The highest BCUT2D eigenvalue weighted by Crippen LogP contribution is 2.61.